The first-order chi connectivity index (χ1) is 12.5. The maximum atomic E-state index is 12.1. The third-order valence-electron chi connectivity index (χ3n) is 3.14. The van der Waals surface area contributed by atoms with E-state index in [9.17, 15) is 19.5 Å². The summed E-state index contributed by atoms with van der Waals surface area (Å²) in [7, 11) is 0. The lowest BCUT2D eigenvalue weighted by Crippen LogP contribution is -2.26. The van der Waals surface area contributed by atoms with Crippen LogP contribution in [0.2, 0.25) is 0 Å². The highest BCUT2D eigenvalue weighted by Crippen LogP contribution is 2.23. The second-order valence-electron chi connectivity index (χ2n) is 6.62. The van der Waals surface area contributed by atoms with Crippen LogP contribution < -0.4 is 5.32 Å². The standard InChI is InChI=1S/C17H19N3O6S/c1-17(2,3)26-15(25)9-4-5-11(21)10(6-9)8-18-20-16-19-14(24)12(27-16)7-13(22)23/h4-6,8,12,21H,7H2,1-3H3,(H,22,23)(H,19,20,24). The van der Waals surface area contributed by atoms with Gasteiger partial charge in [0, 0.05) is 5.56 Å². The van der Waals surface area contributed by atoms with Crippen molar-refractivity contribution < 1.29 is 29.3 Å². The lowest BCUT2D eigenvalue weighted by atomic mass is 10.1. The number of carbonyl (C=O) groups excluding carboxylic acids is 2. The zero-order valence-corrected chi connectivity index (χ0v) is 15.7. The first-order valence-corrected chi connectivity index (χ1v) is 8.80. The molecule has 1 aliphatic rings. The minimum atomic E-state index is -1.09. The van der Waals surface area contributed by atoms with Gasteiger partial charge < -0.3 is 20.3 Å². The Bertz CT molecular complexity index is 828. The molecular weight excluding hydrogens is 374 g/mol. The Hall–Kier alpha value is -2.88. The van der Waals surface area contributed by atoms with Crippen LogP contribution in [-0.4, -0.2) is 50.3 Å². The molecule has 1 aliphatic heterocycles. The zero-order valence-electron chi connectivity index (χ0n) is 14.9. The van der Waals surface area contributed by atoms with Crippen molar-refractivity contribution in [2.75, 3.05) is 0 Å². The minimum absolute atomic E-state index is 0.113. The molecule has 1 heterocycles. The van der Waals surface area contributed by atoms with Crippen molar-refractivity contribution in [1.82, 2.24) is 5.32 Å². The van der Waals surface area contributed by atoms with E-state index in [2.05, 4.69) is 15.5 Å². The maximum Gasteiger partial charge on any atom is 0.338 e. The number of phenolic OH excluding ortho intramolecular Hbond substituents is 1. The number of amidine groups is 1. The molecule has 0 saturated carbocycles. The van der Waals surface area contributed by atoms with Crippen molar-refractivity contribution in [3.05, 3.63) is 29.3 Å². The fourth-order valence-electron chi connectivity index (χ4n) is 2.01. The van der Waals surface area contributed by atoms with Crippen molar-refractivity contribution >= 4 is 41.0 Å². The summed E-state index contributed by atoms with van der Waals surface area (Å²) >= 11 is 0.959. The van der Waals surface area contributed by atoms with Crippen LogP contribution in [0.4, 0.5) is 0 Å². The van der Waals surface area contributed by atoms with Gasteiger partial charge >= 0.3 is 11.9 Å². The van der Waals surface area contributed by atoms with E-state index in [1.165, 1.54) is 24.4 Å². The smallest absolute Gasteiger partial charge is 0.338 e. The maximum absolute atomic E-state index is 12.1. The molecule has 9 nitrogen and oxygen atoms in total. The molecule has 1 saturated heterocycles. The summed E-state index contributed by atoms with van der Waals surface area (Å²) in [6, 6.07) is 4.17. The zero-order chi connectivity index (χ0) is 20.2. The number of nitrogens with zero attached hydrogens (tertiary/aromatic N) is 2. The lowest BCUT2D eigenvalue weighted by molar-refractivity contribution is -0.138. The molecule has 0 aromatic heterocycles. The Morgan fingerprint density at radius 1 is 1.37 bits per heavy atom. The predicted octanol–water partition coefficient (Wildman–Crippen LogP) is 1.74. The molecule has 0 spiro atoms. The van der Waals surface area contributed by atoms with Gasteiger partial charge in [-0.15, -0.1) is 5.10 Å². The number of ether oxygens (including phenoxy) is 1. The van der Waals surface area contributed by atoms with Gasteiger partial charge in [0.25, 0.3) is 0 Å². The second-order valence-corrected chi connectivity index (χ2v) is 7.81. The van der Waals surface area contributed by atoms with Crippen molar-refractivity contribution in [2.45, 2.75) is 38.0 Å². The Labute approximate surface area is 159 Å². The number of aromatic hydroxyl groups is 1. The fraction of sp³-hybridized carbons (Fsp3) is 0.353. The van der Waals surface area contributed by atoms with Gasteiger partial charge in [0.05, 0.1) is 18.2 Å². The number of benzene rings is 1. The number of hydrogen-bond donors (Lipinski definition) is 3. The molecule has 1 fully saturated rings. The van der Waals surface area contributed by atoms with Crippen molar-refractivity contribution in [3.8, 4) is 5.75 Å². The highest BCUT2D eigenvalue weighted by Gasteiger charge is 2.32. The molecule has 10 heteroatoms. The third-order valence-corrected chi connectivity index (χ3v) is 4.22. The van der Waals surface area contributed by atoms with Gasteiger partial charge in [-0.05, 0) is 39.0 Å². The van der Waals surface area contributed by atoms with E-state index in [-0.39, 0.29) is 28.5 Å². The predicted molar refractivity (Wildman–Crippen MR) is 100 cm³/mol. The lowest BCUT2D eigenvalue weighted by Gasteiger charge is -2.19. The number of carboxylic acid groups (broad SMARTS) is 1. The number of carbonyl (C=O) groups is 3. The molecule has 1 unspecified atom stereocenters. The number of amides is 1. The van der Waals surface area contributed by atoms with E-state index in [0.717, 1.165) is 11.8 Å². The Balaban J connectivity index is 2.11. The van der Waals surface area contributed by atoms with E-state index in [0.29, 0.717) is 0 Å². The van der Waals surface area contributed by atoms with Gasteiger partial charge in [-0.2, -0.15) is 5.10 Å². The Kier molecular flexibility index (Phi) is 6.21. The molecular formula is C17H19N3O6S. The van der Waals surface area contributed by atoms with Gasteiger partial charge in [0.2, 0.25) is 5.91 Å². The molecule has 1 amide bonds. The SMILES string of the molecule is CC(C)(C)OC(=O)c1ccc(O)c(C=NN=C2NC(=O)C(CC(=O)O)S2)c1. The molecule has 3 N–H and O–H groups in total. The van der Waals surface area contributed by atoms with E-state index in [1.54, 1.807) is 20.8 Å². The number of hydrogen-bond acceptors (Lipinski definition) is 8. The summed E-state index contributed by atoms with van der Waals surface area (Å²) in [5.74, 6) is -2.20. The molecule has 1 atom stereocenters. The van der Waals surface area contributed by atoms with Crippen molar-refractivity contribution in [1.29, 1.82) is 0 Å². The first-order valence-electron chi connectivity index (χ1n) is 7.92. The van der Waals surface area contributed by atoms with E-state index in [4.69, 9.17) is 9.84 Å². The summed E-state index contributed by atoms with van der Waals surface area (Å²) in [5.41, 5.74) is -0.180. The highest BCUT2D eigenvalue weighted by molar-refractivity contribution is 8.15. The molecule has 1 aromatic carbocycles. The largest absolute Gasteiger partial charge is 0.507 e. The van der Waals surface area contributed by atoms with Crippen LogP contribution >= 0.6 is 11.8 Å². The topological polar surface area (TPSA) is 138 Å². The number of carboxylic acids is 1. The van der Waals surface area contributed by atoms with E-state index in [1.807, 2.05) is 0 Å². The van der Waals surface area contributed by atoms with Crippen LogP contribution in [0.5, 0.6) is 5.75 Å². The van der Waals surface area contributed by atoms with Gasteiger partial charge in [-0.25, -0.2) is 4.79 Å². The van der Waals surface area contributed by atoms with Crippen molar-refractivity contribution in [2.24, 2.45) is 10.2 Å². The minimum Gasteiger partial charge on any atom is -0.507 e. The van der Waals surface area contributed by atoms with Crippen LogP contribution in [0, 0.1) is 0 Å². The summed E-state index contributed by atoms with van der Waals surface area (Å²) in [4.78, 5) is 34.4. The summed E-state index contributed by atoms with van der Waals surface area (Å²) in [6.07, 6.45) is 0.894. The van der Waals surface area contributed by atoms with Gasteiger partial charge in [0.15, 0.2) is 5.17 Å². The number of esters is 1. The molecule has 2 rings (SSSR count). The van der Waals surface area contributed by atoms with Gasteiger partial charge in [-0.1, -0.05) is 11.8 Å². The van der Waals surface area contributed by atoms with Gasteiger partial charge in [-0.3, -0.25) is 9.59 Å². The molecule has 0 bridgehead atoms. The Morgan fingerprint density at radius 2 is 2.07 bits per heavy atom. The van der Waals surface area contributed by atoms with E-state index < -0.39 is 28.7 Å². The van der Waals surface area contributed by atoms with Crippen LogP contribution in [0.15, 0.2) is 28.4 Å². The fourth-order valence-corrected chi connectivity index (χ4v) is 2.93. The number of nitrogens with one attached hydrogen (secondary N) is 1. The second kappa shape index (κ2) is 8.21. The summed E-state index contributed by atoms with van der Waals surface area (Å²) in [6.45, 7) is 5.24. The molecule has 1 aromatic rings. The quantitative estimate of drug-likeness (QED) is 0.393. The first kappa shape index (κ1) is 20.4. The van der Waals surface area contributed by atoms with Gasteiger partial charge in [0.1, 0.15) is 16.6 Å². The monoisotopic (exact) mass is 393 g/mol. The molecule has 27 heavy (non-hydrogen) atoms. The number of rotatable bonds is 5. The average Bonchev–Trinajstić information content (AvgIpc) is 2.86. The van der Waals surface area contributed by atoms with E-state index >= 15 is 0 Å². The normalized spacial score (nSPS) is 18.7. The number of aliphatic carboxylic acids is 1. The highest BCUT2D eigenvalue weighted by atomic mass is 32.2. The summed E-state index contributed by atoms with van der Waals surface area (Å²) < 4.78 is 5.27. The molecule has 144 valence electrons. The van der Waals surface area contributed by atoms with Crippen molar-refractivity contribution in [3.63, 3.8) is 0 Å². The molecule has 0 radical (unpaired) electrons. The number of phenols is 1. The average molecular weight is 393 g/mol. The summed E-state index contributed by atoms with van der Waals surface area (Å²) in [5, 5.41) is 28.0. The third kappa shape index (κ3) is 6.10. The Morgan fingerprint density at radius 3 is 2.70 bits per heavy atom. The number of thioether (sulfide) groups is 1. The van der Waals surface area contributed by atoms with Crippen LogP contribution in [0.25, 0.3) is 0 Å². The van der Waals surface area contributed by atoms with Crippen LogP contribution in [0.3, 0.4) is 0 Å². The van der Waals surface area contributed by atoms with Crippen LogP contribution in [0.1, 0.15) is 43.1 Å². The van der Waals surface area contributed by atoms with Crippen LogP contribution in [-0.2, 0) is 14.3 Å². The molecule has 0 aliphatic carbocycles.